The molecule has 0 spiro atoms. The van der Waals surface area contributed by atoms with Crippen LogP contribution < -0.4 is 4.90 Å². The van der Waals surface area contributed by atoms with Crippen LogP contribution >= 0.6 is 0 Å². The standard InChI is InChI=1S/C60H57N/c1-57(2,3)40-35-39(36-41(37-40)58(4,5)6)42-26-17-21-38-22-18-27-44(54(38)42)43-23-13-16-32-51(43)61(52-33-19-30-49-55(52)45-24-11-14-28-47(45)59(49,7)8)53-34-20-31-50-56(53)46-25-12-15-29-48(46)60(50,9)10/h11-37H,1-10H3. The second kappa shape index (κ2) is 13.7. The maximum atomic E-state index is 2.61. The number of nitrogens with zero attached hydrogens (tertiary/aromatic N) is 1. The van der Waals surface area contributed by atoms with Gasteiger partial charge in [0.05, 0.1) is 17.1 Å². The van der Waals surface area contributed by atoms with Gasteiger partial charge in [-0.2, -0.15) is 0 Å². The fourth-order valence-electron chi connectivity index (χ4n) is 10.6. The van der Waals surface area contributed by atoms with E-state index in [2.05, 4.69) is 238 Å². The van der Waals surface area contributed by atoms with Crippen LogP contribution in [0.25, 0.3) is 55.3 Å². The highest BCUT2D eigenvalue weighted by atomic mass is 15.2. The Labute approximate surface area is 363 Å². The first-order valence-corrected chi connectivity index (χ1v) is 22.1. The van der Waals surface area contributed by atoms with Crippen LogP contribution in [0.3, 0.4) is 0 Å². The van der Waals surface area contributed by atoms with Gasteiger partial charge < -0.3 is 4.90 Å². The van der Waals surface area contributed by atoms with Crippen LogP contribution in [0.15, 0.2) is 164 Å². The predicted molar refractivity (Wildman–Crippen MR) is 262 cm³/mol. The van der Waals surface area contributed by atoms with Crippen LogP contribution in [0.2, 0.25) is 0 Å². The molecule has 8 aromatic rings. The molecule has 0 atom stereocenters. The van der Waals surface area contributed by atoms with Gasteiger partial charge in [0.1, 0.15) is 0 Å². The molecule has 0 radical (unpaired) electrons. The topological polar surface area (TPSA) is 3.24 Å². The lowest BCUT2D eigenvalue weighted by Gasteiger charge is -2.33. The SMILES string of the molecule is CC(C)(C)c1cc(-c2cccc3cccc(-c4ccccc4N(c4cccc5c4-c4ccccc4C5(C)C)c4cccc5c4-c4ccccc4C5(C)C)c23)cc(C(C)(C)C)c1. The fraction of sp³-hybridized carbons (Fsp3) is 0.233. The van der Waals surface area contributed by atoms with Crippen LogP contribution in [0.5, 0.6) is 0 Å². The van der Waals surface area contributed by atoms with Crippen molar-refractivity contribution >= 4 is 27.8 Å². The molecule has 0 aromatic heterocycles. The molecular formula is C60H57N. The summed E-state index contributed by atoms with van der Waals surface area (Å²) in [6.45, 7) is 23.5. The summed E-state index contributed by atoms with van der Waals surface area (Å²) in [6, 6.07) is 62.3. The van der Waals surface area contributed by atoms with Gasteiger partial charge >= 0.3 is 0 Å². The van der Waals surface area contributed by atoms with E-state index >= 15 is 0 Å². The van der Waals surface area contributed by atoms with Crippen molar-refractivity contribution in [1.29, 1.82) is 0 Å². The number of fused-ring (bicyclic) bond motifs is 7. The Morgan fingerprint density at radius 3 is 1.26 bits per heavy atom. The highest BCUT2D eigenvalue weighted by Gasteiger charge is 2.41. The van der Waals surface area contributed by atoms with Crippen LogP contribution in [0, 0.1) is 0 Å². The molecule has 0 saturated carbocycles. The van der Waals surface area contributed by atoms with Gasteiger partial charge in [0.2, 0.25) is 0 Å². The van der Waals surface area contributed by atoms with E-state index in [1.54, 1.807) is 0 Å². The zero-order valence-corrected chi connectivity index (χ0v) is 37.5. The van der Waals surface area contributed by atoms with E-state index in [1.165, 1.54) is 100 Å². The first kappa shape index (κ1) is 39.0. The lowest BCUT2D eigenvalue weighted by atomic mass is 9.78. The maximum Gasteiger partial charge on any atom is 0.0543 e. The molecule has 1 heteroatoms. The molecule has 8 aromatic carbocycles. The lowest BCUT2D eigenvalue weighted by Crippen LogP contribution is -2.17. The molecule has 2 aliphatic carbocycles. The first-order chi connectivity index (χ1) is 29.1. The summed E-state index contributed by atoms with van der Waals surface area (Å²) in [4.78, 5) is 2.61. The van der Waals surface area contributed by atoms with Crippen molar-refractivity contribution in [1.82, 2.24) is 0 Å². The first-order valence-electron chi connectivity index (χ1n) is 22.1. The van der Waals surface area contributed by atoms with Crippen molar-refractivity contribution in [3.05, 3.63) is 197 Å². The van der Waals surface area contributed by atoms with Crippen LogP contribution in [-0.2, 0) is 21.7 Å². The van der Waals surface area contributed by atoms with E-state index in [4.69, 9.17) is 0 Å². The van der Waals surface area contributed by atoms with Crippen LogP contribution in [0.1, 0.15) is 103 Å². The second-order valence-corrected chi connectivity index (χ2v) is 20.6. The Balaban J connectivity index is 1.30. The van der Waals surface area contributed by atoms with Crippen molar-refractivity contribution in [2.45, 2.75) is 90.9 Å². The maximum absolute atomic E-state index is 2.61. The Morgan fingerprint density at radius 2 is 0.754 bits per heavy atom. The average Bonchev–Trinajstić information content (AvgIpc) is 3.63. The lowest BCUT2D eigenvalue weighted by molar-refractivity contribution is 0.569. The molecule has 0 bridgehead atoms. The highest BCUT2D eigenvalue weighted by Crippen LogP contribution is 2.59. The Hall–Kier alpha value is -6.18. The molecule has 61 heavy (non-hydrogen) atoms. The van der Waals surface area contributed by atoms with Gasteiger partial charge in [0, 0.05) is 27.5 Å². The van der Waals surface area contributed by atoms with E-state index < -0.39 is 0 Å². The van der Waals surface area contributed by atoms with Gasteiger partial charge in [-0.25, -0.2) is 0 Å². The molecular weight excluding hydrogens is 735 g/mol. The van der Waals surface area contributed by atoms with E-state index in [9.17, 15) is 0 Å². The van der Waals surface area contributed by atoms with Crippen molar-refractivity contribution in [2.75, 3.05) is 4.90 Å². The fourth-order valence-corrected chi connectivity index (χ4v) is 10.6. The molecule has 0 fully saturated rings. The predicted octanol–water partition coefficient (Wildman–Crippen LogP) is 16.9. The summed E-state index contributed by atoms with van der Waals surface area (Å²) in [5, 5.41) is 2.51. The summed E-state index contributed by atoms with van der Waals surface area (Å²) >= 11 is 0. The number of para-hydroxylation sites is 1. The third-order valence-corrected chi connectivity index (χ3v) is 14.0. The van der Waals surface area contributed by atoms with E-state index in [0.29, 0.717) is 0 Å². The molecule has 0 N–H and O–H groups in total. The van der Waals surface area contributed by atoms with Crippen LogP contribution in [0.4, 0.5) is 17.1 Å². The molecule has 10 rings (SSSR count). The molecule has 0 unspecified atom stereocenters. The second-order valence-electron chi connectivity index (χ2n) is 20.6. The summed E-state index contributed by atoms with van der Waals surface area (Å²) in [5.41, 5.74) is 21.7. The Kier molecular flexibility index (Phi) is 8.73. The van der Waals surface area contributed by atoms with Crippen LogP contribution in [-0.4, -0.2) is 0 Å². The van der Waals surface area contributed by atoms with Gasteiger partial charge in [-0.15, -0.1) is 0 Å². The van der Waals surface area contributed by atoms with Crippen molar-refractivity contribution in [2.24, 2.45) is 0 Å². The summed E-state index contributed by atoms with van der Waals surface area (Å²) in [5.74, 6) is 0. The van der Waals surface area contributed by atoms with E-state index in [0.717, 1.165) is 5.69 Å². The average molecular weight is 792 g/mol. The Bertz CT molecular complexity index is 2910. The normalized spacial score (nSPS) is 14.7. The third-order valence-electron chi connectivity index (χ3n) is 14.0. The van der Waals surface area contributed by atoms with Crippen molar-refractivity contribution < 1.29 is 0 Å². The van der Waals surface area contributed by atoms with E-state index in [1.807, 2.05) is 0 Å². The highest BCUT2D eigenvalue weighted by molar-refractivity contribution is 6.10. The molecule has 0 aliphatic heterocycles. The summed E-state index contributed by atoms with van der Waals surface area (Å²) in [6.07, 6.45) is 0. The molecule has 2 aliphatic rings. The van der Waals surface area contributed by atoms with Crippen molar-refractivity contribution in [3.8, 4) is 44.5 Å². The molecule has 0 saturated heterocycles. The smallest absolute Gasteiger partial charge is 0.0543 e. The zero-order chi connectivity index (χ0) is 42.6. The molecule has 0 amide bonds. The number of hydrogen-bond donors (Lipinski definition) is 0. The molecule has 302 valence electrons. The van der Waals surface area contributed by atoms with Gasteiger partial charge in [-0.1, -0.05) is 215 Å². The number of hydrogen-bond acceptors (Lipinski definition) is 1. The van der Waals surface area contributed by atoms with Gasteiger partial charge in [-0.3, -0.25) is 0 Å². The van der Waals surface area contributed by atoms with Crippen molar-refractivity contribution in [3.63, 3.8) is 0 Å². The minimum absolute atomic E-state index is 0.00276. The summed E-state index contributed by atoms with van der Waals surface area (Å²) < 4.78 is 0. The Morgan fingerprint density at radius 1 is 0.361 bits per heavy atom. The summed E-state index contributed by atoms with van der Waals surface area (Å²) in [7, 11) is 0. The van der Waals surface area contributed by atoms with Gasteiger partial charge in [0.15, 0.2) is 0 Å². The quantitative estimate of drug-likeness (QED) is 0.168. The van der Waals surface area contributed by atoms with Gasteiger partial charge in [-0.05, 0) is 101 Å². The number of anilines is 3. The zero-order valence-electron chi connectivity index (χ0n) is 37.5. The largest absolute Gasteiger partial charge is 0.309 e. The van der Waals surface area contributed by atoms with E-state index in [-0.39, 0.29) is 21.7 Å². The number of rotatable bonds is 5. The third kappa shape index (κ3) is 6.03. The molecule has 1 nitrogen and oxygen atoms in total. The number of benzene rings is 8. The monoisotopic (exact) mass is 791 g/mol. The van der Waals surface area contributed by atoms with Gasteiger partial charge in [0.25, 0.3) is 0 Å². The minimum atomic E-state index is -0.140. The minimum Gasteiger partial charge on any atom is -0.309 e. The molecule has 0 heterocycles.